The number of hydrogen-bond donors (Lipinski definition) is 1. The molecule has 102 valence electrons. The summed E-state index contributed by atoms with van der Waals surface area (Å²) in [5.74, 6) is 0.240. The summed E-state index contributed by atoms with van der Waals surface area (Å²) in [6, 6.07) is 8.55. The predicted molar refractivity (Wildman–Crippen MR) is 77.4 cm³/mol. The first-order valence-corrected chi connectivity index (χ1v) is 7.28. The molecule has 3 heteroatoms. The largest absolute Gasteiger partial charge is 0.307 e. The Labute approximate surface area is 115 Å². The summed E-state index contributed by atoms with van der Waals surface area (Å²) in [5.41, 5.74) is 2.01. The molecule has 0 spiro atoms. The van der Waals surface area contributed by atoms with Gasteiger partial charge in [-0.2, -0.15) is 0 Å². The Hall–Kier alpha value is -1.35. The van der Waals surface area contributed by atoms with Crippen molar-refractivity contribution in [3.63, 3.8) is 0 Å². The molecule has 1 fully saturated rings. The minimum Gasteiger partial charge on any atom is -0.307 e. The number of hydrogen-bond acceptors (Lipinski definition) is 2. The summed E-state index contributed by atoms with van der Waals surface area (Å²) in [6.07, 6.45) is 4.23. The maximum absolute atomic E-state index is 13.0. The molecule has 2 unspecified atom stereocenters. The Kier molecular flexibility index (Phi) is 3.09. The number of carbonyl (C=O) groups is 1. The van der Waals surface area contributed by atoms with Crippen LogP contribution >= 0.6 is 0 Å². The molecule has 2 aliphatic rings. The van der Waals surface area contributed by atoms with Crippen LogP contribution in [0.4, 0.5) is 5.69 Å². The second kappa shape index (κ2) is 4.64. The van der Waals surface area contributed by atoms with Crippen LogP contribution in [0.1, 0.15) is 38.7 Å². The molecule has 0 saturated carbocycles. The van der Waals surface area contributed by atoms with E-state index in [1.54, 1.807) is 0 Å². The van der Waals surface area contributed by atoms with E-state index in [4.69, 9.17) is 0 Å². The summed E-state index contributed by atoms with van der Waals surface area (Å²) < 4.78 is 0. The molecule has 1 aromatic carbocycles. The van der Waals surface area contributed by atoms with Crippen molar-refractivity contribution >= 4 is 11.6 Å². The van der Waals surface area contributed by atoms with Crippen molar-refractivity contribution < 1.29 is 4.79 Å². The van der Waals surface area contributed by atoms with E-state index < -0.39 is 0 Å². The van der Waals surface area contributed by atoms with Crippen molar-refractivity contribution in [2.45, 2.75) is 51.1 Å². The second-order valence-corrected chi connectivity index (χ2v) is 6.07. The van der Waals surface area contributed by atoms with E-state index in [1.165, 1.54) is 12.0 Å². The molecule has 2 heterocycles. The number of amides is 1. The van der Waals surface area contributed by atoms with Gasteiger partial charge in [-0.1, -0.05) is 18.2 Å². The quantitative estimate of drug-likeness (QED) is 0.839. The SMILES string of the molecule is CC1Cc2ccccc2N1C(=O)C1(C)CCCCN1. The molecule has 19 heavy (non-hydrogen) atoms. The Bertz CT molecular complexity index is 491. The molecular formula is C16H22N2O. The van der Waals surface area contributed by atoms with Gasteiger partial charge in [-0.15, -0.1) is 0 Å². The van der Waals surface area contributed by atoms with Crippen molar-refractivity contribution in [2.75, 3.05) is 11.4 Å². The third-order valence-electron chi connectivity index (χ3n) is 4.52. The summed E-state index contributed by atoms with van der Waals surface area (Å²) in [4.78, 5) is 15.0. The number of benzene rings is 1. The Morgan fingerprint density at radius 3 is 2.89 bits per heavy atom. The van der Waals surface area contributed by atoms with Gasteiger partial charge in [0, 0.05) is 11.7 Å². The molecule has 2 atom stereocenters. The summed E-state index contributed by atoms with van der Waals surface area (Å²) in [6.45, 7) is 5.15. The van der Waals surface area contributed by atoms with Gasteiger partial charge in [0.05, 0.1) is 5.54 Å². The van der Waals surface area contributed by atoms with Crippen molar-refractivity contribution in [1.82, 2.24) is 5.32 Å². The molecule has 0 bridgehead atoms. The average molecular weight is 258 g/mol. The number of fused-ring (bicyclic) bond motifs is 1. The molecule has 1 amide bonds. The van der Waals surface area contributed by atoms with Crippen LogP contribution in [0.2, 0.25) is 0 Å². The monoisotopic (exact) mass is 258 g/mol. The number of anilines is 1. The zero-order valence-corrected chi connectivity index (χ0v) is 11.8. The van der Waals surface area contributed by atoms with E-state index in [-0.39, 0.29) is 17.5 Å². The lowest BCUT2D eigenvalue weighted by atomic mass is 9.89. The van der Waals surface area contributed by atoms with E-state index in [0.717, 1.165) is 31.5 Å². The molecule has 1 N–H and O–H groups in total. The first kappa shape index (κ1) is 12.7. The highest BCUT2D eigenvalue weighted by molar-refractivity contribution is 6.02. The lowest BCUT2D eigenvalue weighted by Gasteiger charge is -2.38. The van der Waals surface area contributed by atoms with Crippen LogP contribution < -0.4 is 10.2 Å². The van der Waals surface area contributed by atoms with Gasteiger partial charge in [0.2, 0.25) is 5.91 Å². The highest BCUT2D eigenvalue weighted by Gasteiger charge is 2.42. The zero-order valence-electron chi connectivity index (χ0n) is 11.8. The van der Waals surface area contributed by atoms with E-state index in [1.807, 2.05) is 11.0 Å². The van der Waals surface area contributed by atoms with Gasteiger partial charge in [0.1, 0.15) is 0 Å². The molecule has 3 nitrogen and oxygen atoms in total. The predicted octanol–water partition coefficient (Wildman–Crippen LogP) is 2.50. The fourth-order valence-electron chi connectivity index (χ4n) is 3.38. The van der Waals surface area contributed by atoms with Crippen LogP contribution in [0, 0.1) is 0 Å². The Morgan fingerprint density at radius 1 is 1.37 bits per heavy atom. The standard InChI is InChI=1S/C16H22N2O/c1-12-11-13-7-3-4-8-14(13)18(12)15(19)16(2)9-5-6-10-17-16/h3-4,7-8,12,17H,5-6,9-11H2,1-2H3. The fraction of sp³-hybridized carbons (Fsp3) is 0.562. The van der Waals surface area contributed by atoms with Gasteiger partial charge >= 0.3 is 0 Å². The average Bonchev–Trinajstić information content (AvgIpc) is 2.74. The van der Waals surface area contributed by atoms with Gasteiger partial charge < -0.3 is 10.2 Å². The third kappa shape index (κ3) is 2.06. The van der Waals surface area contributed by atoms with E-state index in [0.29, 0.717) is 0 Å². The van der Waals surface area contributed by atoms with Crippen LogP contribution in [0.3, 0.4) is 0 Å². The normalized spacial score (nSPS) is 30.2. The van der Waals surface area contributed by atoms with E-state index in [2.05, 4.69) is 37.4 Å². The first-order valence-electron chi connectivity index (χ1n) is 7.28. The molecule has 0 aliphatic carbocycles. The Balaban J connectivity index is 1.91. The van der Waals surface area contributed by atoms with Gasteiger partial charge in [-0.05, 0) is 57.7 Å². The topological polar surface area (TPSA) is 32.3 Å². The molecule has 1 aromatic rings. The number of nitrogens with zero attached hydrogens (tertiary/aromatic N) is 1. The molecular weight excluding hydrogens is 236 g/mol. The molecule has 1 saturated heterocycles. The molecule has 2 aliphatic heterocycles. The minimum absolute atomic E-state index is 0.240. The number of para-hydroxylation sites is 1. The highest BCUT2D eigenvalue weighted by Crippen LogP contribution is 2.35. The summed E-state index contributed by atoms with van der Waals surface area (Å²) >= 11 is 0. The number of carbonyl (C=O) groups excluding carboxylic acids is 1. The van der Waals surface area contributed by atoms with Crippen LogP contribution in [0.25, 0.3) is 0 Å². The van der Waals surface area contributed by atoms with Crippen LogP contribution in [-0.4, -0.2) is 24.0 Å². The highest BCUT2D eigenvalue weighted by atomic mass is 16.2. The van der Waals surface area contributed by atoms with Crippen molar-refractivity contribution in [3.8, 4) is 0 Å². The van der Waals surface area contributed by atoms with Gasteiger partial charge in [0.15, 0.2) is 0 Å². The van der Waals surface area contributed by atoms with Gasteiger partial charge in [0.25, 0.3) is 0 Å². The minimum atomic E-state index is -0.385. The fourth-order valence-corrected chi connectivity index (χ4v) is 3.38. The lowest BCUT2D eigenvalue weighted by Crippen LogP contribution is -2.59. The second-order valence-electron chi connectivity index (χ2n) is 6.07. The number of piperidine rings is 1. The van der Waals surface area contributed by atoms with Crippen molar-refractivity contribution in [1.29, 1.82) is 0 Å². The molecule has 0 aromatic heterocycles. The third-order valence-corrected chi connectivity index (χ3v) is 4.52. The van der Waals surface area contributed by atoms with Gasteiger partial charge in [-0.3, -0.25) is 4.79 Å². The zero-order chi connectivity index (χ0) is 13.5. The van der Waals surface area contributed by atoms with Gasteiger partial charge in [-0.25, -0.2) is 0 Å². The molecule has 3 rings (SSSR count). The van der Waals surface area contributed by atoms with Crippen molar-refractivity contribution in [3.05, 3.63) is 29.8 Å². The Morgan fingerprint density at radius 2 is 2.16 bits per heavy atom. The lowest BCUT2D eigenvalue weighted by molar-refractivity contribution is -0.125. The van der Waals surface area contributed by atoms with E-state index >= 15 is 0 Å². The number of rotatable bonds is 1. The summed E-state index contributed by atoms with van der Waals surface area (Å²) in [5, 5.41) is 3.43. The van der Waals surface area contributed by atoms with Crippen LogP contribution in [0.5, 0.6) is 0 Å². The van der Waals surface area contributed by atoms with Crippen LogP contribution in [-0.2, 0) is 11.2 Å². The van der Waals surface area contributed by atoms with Crippen molar-refractivity contribution in [2.24, 2.45) is 0 Å². The maximum atomic E-state index is 13.0. The van der Waals surface area contributed by atoms with E-state index in [9.17, 15) is 4.79 Å². The van der Waals surface area contributed by atoms with Crippen LogP contribution in [0.15, 0.2) is 24.3 Å². The maximum Gasteiger partial charge on any atom is 0.247 e. The number of nitrogens with one attached hydrogen (secondary N) is 1. The molecule has 0 radical (unpaired) electrons. The summed E-state index contributed by atoms with van der Waals surface area (Å²) in [7, 11) is 0. The smallest absolute Gasteiger partial charge is 0.247 e. The first-order chi connectivity index (χ1) is 9.12.